The van der Waals surface area contributed by atoms with Gasteiger partial charge in [0.25, 0.3) is 0 Å². The molecule has 0 bridgehead atoms. The first-order valence-electron chi connectivity index (χ1n) is 8.29. The molecule has 0 aliphatic rings. The van der Waals surface area contributed by atoms with Gasteiger partial charge in [0.2, 0.25) is 5.91 Å². The summed E-state index contributed by atoms with van der Waals surface area (Å²) < 4.78 is 40.3. The minimum Gasteiger partial charge on any atom is -0.305 e. The average Bonchev–Trinajstić information content (AvgIpc) is 2.56. The van der Waals surface area contributed by atoms with Crippen LogP contribution in [0.15, 0.2) is 42.5 Å². The van der Waals surface area contributed by atoms with Gasteiger partial charge in [-0.1, -0.05) is 44.2 Å². The Morgan fingerprint density at radius 2 is 1.65 bits per heavy atom. The van der Waals surface area contributed by atoms with E-state index in [0.717, 1.165) is 11.6 Å². The monoisotopic (exact) mass is 475 g/mol. The fourth-order valence-corrected chi connectivity index (χ4v) is 3.74. The first kappa shape index (κ1) is 20.7. The maximum atomic E-state index is 13.4. The molecule has 0 saturated heterocycles. The fourth-order valence-electron chi connectivity index (χ4n) is 2.82. The molecule has 2 nitrogen and oxygen atoms in total. The maximum Gasteiger partial charge on any atom is 0.417 e. The van der Waals surface area contributed by atoms with E-state index in [2.05, 4.69) is 0 Å². The van der Waals surface area contributed by atoms with E-state index in [1.807, 2.05) is 37.3 Å². The van der Waals surface area contributed by atoms with E-state index in [1.165, 1.54) is 11.0 Å². The van der Waals surface area contributed by atoms with Crippen LogP contribution in [0.2, 0.25) is 0 Å². The number of anilines is 1. The summed E-state index contributed by atoms with van der Waals surface area (Å²) in [6, 6.07) is 11.5. The number of hydrogen-bond acceptors (Lipinski definition) is 1. The molecule has 0 unspecified atom stereocenters. The molecule has 6 heteroatoms. The first-order valence-corrected chi connectivity index (χ1v) is 9.37. The largest absolute Gasteiger partial charge is 0.417 e. The number of carbonyl (C=O) groups excluding carboxylic acids is 1. The molecule has 0 aromatic heterocycles. The average molecular weight is 475 g/mol. The van der Waals surface area contributed by atoms with Gasteiger partial charge in [0.05, 0.1) is 11.6 Å². The first-order chi connectivity index (χ1) is 12.0. The quantitative estimate of drug-likeness (QED) is 0.471. The molecule has 140 valence electrons. The van der Waals surface area contributed by atoms with Crippen LogP contribution in [0.1, 0.15) is 43.5 Å². The number of nitrogens with zero attached hydrogens (tertiary/aromatic N) is 1. The van der Waals surface area contributed by atoms with E-state index in [9.17, 15) is 18.0 Å². The molecule has 0 radical (unpaired) electrons. The Balaban J connectivity index is 2.65. The topological polar surface area (TPSA) is 20.3 Å². The number of benzene rings is 2. The van der Waals surface area contributed by atoms with E-state index < -0.39 is 11.7 Å². The maximum absolute atomic E-state index is 13.4. The van der Waals surface area contributed by atoms with Gasteiger partial charge in [0.15, 0.2) is 0 Å². The number of carbonyl (C=O) groups is 1. The van der Waals surface area contributed by atoms with Gasteiger partial charge in [-0.25, -0.2) is 0 Å². The van der Waals surface area contributed by atoms with E-state index in [0.29, 0.717) is 11.3 Å². The molecule has 2 aromatic carbocycles. The van der Waals surface area contributed by atoms with Crippen LogP contribution in [0.25, 0.3) is 0 Å². The fraction of sp³-hybridized carbons (Fsp3) is 0.350. The molecular weight excluding hydrogens is 454 g/mol. The highest BCUT2D eigenvalue weighted by Gasteiger charge is 2.35. The van der Waals surface area contributed by atoms with Crippen LogP contribution in [0.5, 0.6) is 0 Å². The molecule has 0 saturated carbocycles. The second-order valence-corrected chi connectivity index (χ2v) is 7.73. The second kappa shape index (κ2) is 7.98. The van der Waals surface area contributed by atoms with Gasteiger partial charge >= 0.3 is 6.18 Å². The van der Waals surface area contributed by atoms with Crippen LogP contribution >= 0.6 is 22.6 Å². The normalized spacial score (nSPS) is 13.0. The molecule has 0 fully saturated rings. The summed E-state index contributed by atoms with van der Waals surface area (Å²) >= 11 is 1.69. The number of hydrogen-bond donors (Lipinski definition) is 0. The summed E-state index contributed by atoms with van der Waals surface area (Å²) in [6.45, 7) is 7.07. The Kier molecular flexibility index (Phi) is 6.37. The zero-order valence-electron chi connectivity index (χ0n) is 15.1. The summed E-state index contributed by atoms with van der Waals surface area (Å²) in [4.78, 5) is 14.4. The highest BCUT2D eigenvalue weighted by atomic mass is 127. The molecule has 1 amide bonds. The lowest BCUT2D eigenvalue weighted by Crippen LogP contribution is -2.37. The number of aryl methyl sites for hydroxylation is 1. The van der Waals surface area contributed by atoms with Crippen molar-refractivity contribution in [1.82, 2.24) is 0 Å². The van der Waals surface area contributed by atoms with Gasteiger partial charge in [-0.15, -0.1) is 0 Å². The molecule has 26 heavy (non-hydrogen) atoms. The van der Waals surface area contributed by atoms with Crippen molar-refractivity contribution >= 4 is 34.2 Å². The van der Waals surface area contributed by atoms with Crippen LogP contribution in [0.4, 0.5) is 18.9 Å². The Hall–Kier alpha value is -1.57. The molecule has 0 aliphatic heterocycles. The third-order valence-electron chi connectivity index (χ3n) is 4.25. The van der Waals surface area contributed by atoms with Crippen LogP contribution in [0.3, 0.4) is 0 Å². The summed E-state index contributed by atoms with van der Waals surface area (Å²) in [5.74, 6) is -0.548. The SMILES string of the molecule is Cc1cc(I)c(C(F)(F)F)cc1N(C(=O)C(C)C)[C@@H](C)c1ccccc1. The lowest BCUT2D eigenvalue weighted by Gasteiger charge is -2.33. The summed E-state index contributed by atoms with van der Waals surface area (Å²) in [5, 5.41) is 0. The number of rotatable bonds is 4. The predicted octanol–water partition coefficient (Wildman–Crippen LogP) is 6.37. The van der Waals surface area contributed by atoms with Crippen molar-refractivity contribution in [2.75, 3.05) is 4.90 Å². The van der Waals surface area contributed by atoms with Gasteiger partial charge < -0.3 is 4.90 Å². The van der Waals surface area contributed by atoms with Gasteiger partial charge in [-0.05, 0) is 59.7 Å². The summed E-state index contributed by atoms with van der Waals surface area (Å²) in [6.07, 6.45) is -4.47. The lowest BCUT2D eigenvalue weighted by molar-refractivity contribution is -0.138. The minimum atomic E-state index is -4.47. The third kappa shape index (κ3) is 4.39. The van der Waals surface area contributed by atoms with Gasteiger partial charge in [0.1, 0.15) is 0 Å². The Morgan fingerprint density at radius 1 is 1.08 bits per heavy atom. The van der Waals surface area contributed by atoms with Crippen molar-refractivity contribution < 1.29 is 18.0 Å². The van der Waals surface area contributed by atoms with Crippen molar-refractivity contribution in [3.8, 4) is 0 Å². The van der Waals surface area contributed by atoms with Gasteiger partial charge in [-0.2, -0.15) is 13.2 Å². The molecule has 2 rings (SSSR count). The Morgan fingerprint density at radius 3 is 2.15 bits per heavy atom. The Labute approximate surface area is 165 Å². The van der Waals surface area contributed by atoms with Crippen molar-refractivity contribution in [3.63, 3.8) is 0 Å². The summed E-state index contributed by atoms with van der Waals surface area (Å²) in [5.41, 5.74) is 1.08. The molecule has 0 N–H and O–H groups in total. The molecule has 2 aromatic rings. The minimum absolute atomic E-state index is 0.126. The van der Waals surface area contributed by atoms with Gasteiger partial charge in [0, 0.05) is 15.2 Å². The highest BCUT2D eigenvalue weighted by Crippen LogP contribution is 2.39. The predicted molar refractivity (Wildman–Crippen MR) is 106 cm³/mol. The van der Waals surface area contributed by atoms with Crippen molar-refractivity contribution in [1.29, 1.82) is 0 Å². The zero-order valence-corrected chi connectivity index (χ0v) is 17.2. The zero-order chi connectivity index (χ0) is 19.6. The smallest absolute Gasteiger partial charge is 0.305 e. The van der Waals surface area contributed by atoms with Crippen LogP contribution in [-0.2, 0) is 11.0 Å². The van der Waals surface area contributed by atoms with E-state index in [4.69, 9.17) is 0 Å². The molecule has 0 heterocycles. The van der Waals surface area contributed by atoms with Crippen LogP contribution in [0, 0.1) is 16.4 Å². The third-order valence-corrected chi connectivity index (χ3v) is 5.14. The standard InChI is InChI=1S/C20H21F3INO/c1-12(2)19(26)25(14(4)15-8-6-5-7-9-15)18-11-16(20(21,22)23)17(24)10-13(18)3/h5-12,14H,1-4H3/t14-/m0/s1. The van der Waals surface area contributed by atoms with E-state index >= 15 is 0 Å². The molecular formula is C20H21F3INO. The number of alkyl halides is 3. The second-order valence-electron chi connectivity index (χ2n) is 6.57. The van der Waals surface area contributed by atoms with Crippen LogP contribution < -0.4 is 4.90 Å². The van der Waals surface area contributed by atoms with Gasteiger partial charge in [-0.3, -0.25) is 4.79 Å². The molecule has 0 aliphatic carbocycles. The number of halogens is 4. The molecule has 1 atom stereocenters. The van der Waals surface area contributed by atoms with Crippen molar-refractivity contribution in [2.24, 2.45) is 5.92 Å². The Bertz CT molecular complexity index is 788. The summed E-state index contributed by atoms with van der Waals surface area (Å²) in [7, 11) is 0. The van der Waals surface area contributed by atoms with E-state index in [1.54, 1.807) is 43.4 Å². The van der Waals surface area contributed by atoms with Crippen molar-refractivity contribution in [2.45, 2.75) is 39.9 Å². The van der Waals surface area contributed by atoms with Crippen molar-refractivity contribution in [3.05, 3.63) is 62.7 Å². The van der Waals surface area contributed by atoms with E-state index in [-0.39, 0.29) is 21.4 Å². The highest BCUT2D eigenvalue weighted by molar-refractivity contribution is 14.1. The number of amides is 1. The lowest BCUT2D eigenvalue weighted by atomic mass is 10.0. The molecule has 0 spiro atoms. The van der Waals surface area contributed by atoms with Crippen LogP contribution in [-0.4, -0.2) is 5.91 Å².